The maximum atomic E-state index is 11.0. The van der Waals surface area contributed by atoms with Crippen molar-refractivity contribution in [2.45, 2.75) is 46.0 Å². The summed E-state index contributed by atoms with van der Waals surface area (Å²) in [6, 6.07) is 4.01. The minimum atomic E-state index is -0.431. The van der Waals surface area contributed by atoms with Crippen LogP contribution in [-0.2, 0) is 9.59 Å². The Hall–Kier alpha value is -2.04. The Morgan fingerprint density at radius 1 is 0.711 bits per heavy atom. The fraction of sp³-hybridized carbons (Fsp3) is 0.875. The fourth-order valence-corrected chi connectivity index (χ4v) is 5.85. The van der Waals surface area contributed by atoms with Gasteiger partial charge in [0, 0.05) is 64.2 Å². The van der Waals surface area contributed by atoms with Gasteiger partial charge in [0.05, 0.1) is 49.5 Å². The number of aliphatic hydroxyl groups is 3. The second-order valence-corrected chi connectivity index (χ2v) is 13.2. The molecule has 8 unspecified atom stereocenters. The average Bonchev–Trinajstić information content (AvgIpc) is 3.73. The van der Waals surface area contributed by atoms with Crippen molar-refractivity contribution in [3.63, 3.8) is 0 Å². The first-order valence-electron chi connectivity index (χ1n) is 15.7. The van der Waals surface area contributed by atoms with E-state index >= 15 is 0 Å². The lowest BCUT2D eigenvalue weighted by Crippen LogP contribution is -2.25. The molecular weight excluding hydrogens is 576 g/mol. The molecule has 13 heteroatoms. The van der Waals surface area contributed by atoms with Gasteiger partial charge in [-0.3, -0.25) is 19.4 Å². The van der Waals surface area contributed by atoms with Gasteiger partial charge < -0.3 is 35.8 Å². The Balaban J connectivity index is 0.000000535. The molecule has 0 radical (unpaired) electrons. The van der Waals surface area contributed by atoms with Crippen molar-refractivity contribution in [2.75, 3.05) is 107 Å². The van der Waals surface area contributed by atoms with E-state index in [1.807, 2.05) is 51.1 Å². The Bertz CT molecular complexity index is 949. The molecule has 0 saturated carbocycles. The number of ketones is 2. The molecule has 0 aromatic rings. The molecule has 13 nitrogen and oxygen atoms in total. The number of nitriles is 2. The number of aliphatic hydroxyl groups excluding tert-OH is 3. The lowest BCUT2D eigenvalue weighted by Gasteiger charge is -2.07. The maximum Gasteiger partial charge on any atom is 0.165 e. The van der Waals surface area contributed by atoms with E-state index in [0.717, 1.165) is 39.1 Å². The Kier molecular flexibility index (Phi) is 20.7. The van der Waals surface area contributed by atoms with Crippen molar-refractivity contribution in [3.05, 3.63) is 0 Å². The first-order chi connectivity index (χ1) is 20.6. The van der Waals surface area contributed by atoms with E-state index in [4.69, 9.17) is 26.5 Å². The molecule has 0 aromatic heterocycles. The first-order valence-corrected chi connectivity index (χ1v) is 15.7. The zero-order valence-corrected chi connectivity index (χ0v) is 28.0. The third-order valence-corrected chi connectivity index (χ3v) is 8.65. The van der Waals surface area contributed by atoms with E-state index in [0.29, 0.717) is 62.8 Å². The van der Waals surface area contributed by atoms with E-state index in [2.05, 4.69) is 34.6 Å². The molecule has 5 rings (SSSR count). The van der Waals surface area contributed by atoms with E-state index < -0.39 is 6.10 Å². The van der Waals surface area contributed by atoms with Gasteiger partial charge in [-0.1, -0.05) is 21.3 Å². The Morgan fingerprint density at radius 2 is 1.22 bits per heavy atom. The summed E-state index contributed by atoms with van der Waals surface area (Å²) in [6.45, 7) is 12.4. The number of nitrogens with zero attached hydrogens (tertiary/aromatic N) is 7. The molecule has 0 amide bonds. The van der Waals surface area contributed by atoms with Crippen LogP contribution < -0.4 is 5.73 Å². The lowest BCUT2D eigenvalue weighted by molar-refractivity contribution is -0.120. The summed E-state index contributed by atoms with van der Waals surface area (Å²) in [6.07, 6.45) is 0.295. The number of carbonyl (C=O) groups is 2. The minimum absolute atomic E-state index is 0. The highest BCUT2D eigenvalue weighted by Gasteiger charge is 2.30. The summed E-state index contributed by atoms with van der Waals surface area (Å²) < 4.78 is 0. The van der Waals surface area contributed by atoms with Gasteiger partial charge in [-0.25, -0.2) is 0 Å². The van der Waals surface area contributed by atoms with Gasteiger partial charge >= 0.3 is 0 Å². The number of likely N-dealkylation sites (N-methyl/N-ethyl adjacent to an activating group) is 5. The van der Waals surface area contributed by atoms with E-state index in [9.17, 15) is 14.7 Å². The van der Waals surface area contributed by atoms with Gasteiger partial charge in [-0.2, -0.15) is 10.5 Å². The predicted octanol–water partition coefficient (Wildman–Crippen LogP) is -0.967. The summed E-state index contributed by atoms with van der Waals surface area (Å²) in [5, 5.41) is 44.2. The summed E-state index contributed by atoms with van der Waals surface area (Å²) in [5.74, 6) is 1.04. The van der Waals surface area contributed by atoms with Crippen molar-refractivity contribution in [2.24, 2.45) is 35.3 Å². The molecule has 5 heterocycles. The highest BCUT2D eigenvalue weighted by Crippen LogP contribution is 2.15. The van der Waals surface area contributed by atoms with Crippen LogP contribution in [0.25, 0.3) is 0 Å². The SMILES string of the molecule is C.CC1CN(C)CC1O.CCC1CN(C)CC1=O.CN1CC(=O)C(C#N)C1.CN1CC(O)C(C#N)C1.CN1CC(O)C(CN)C1. The molecule has 260 valence electrons. The zero-order chi connectivity index (χ0) is 33.6. The number of Topliss-reactive ketones (excluding diaryl/α,β-unsaturated/α-hetero) is 2. The number of hydrogen-bond donors (Lipinski definition) is 4. The van der Waals surface area contributed by atoms with Crippen LogP contribution in [0.4, 0.5) is 0 Å². The van der Waals surface area contributed by atoms with Gasteiger partial charge in [-0.05, 0) is 54.1 Å². The normalized spacial score (nSPS) is 33.7. The third-order valence-electron chi connectivity index (χ3n) is 8.65. The monoisotopic (exact) mass is 638 g/mol. The Morgan fingerprint density at radius 3 is 1.42 bits per heavy atom. The molecule has 5 aliphatic rings. The molecule has 5 aliphatic heterocycles. The van der Waals surface area contributed by atoms with Crippen LogP contribution in [0, 0.1) is 52.3 Å². The molecular formula is C32H62N8O5. The number of nitrogens with two attached hydrogens (primary N) is 1. The zero-order valence-electron chi connectivity index (χ0n) is 28.0. The second kappa shape index (κ2) is 21.7. The van der Waals surface area contributed by atoms with Crippen LogP contribution >= 0.6 is 0 Å². The lowest BCUT2D eigenvalue weighted by atomic mass is 10.1. The van der Waals surface area contributed by atoms with Crippen molar-refractivity contribution < 1.29 is 24.9 Å². The molecule has 0 spiro atoms. The molecule has 5 saturated heterocycles. The quantitative estimate of drug-likeness (QED) is 0.290. The number of β-amino-alcohol motifs (C(OH)–C–C–N with tert-alkyl or cyclic N) is 3. The number of rotatable bonds is 2. The molecule has 5 N–H and O–H groups in total. The van der Waals surface area contributed by atoms with Crippen molar-refractivity contribution in [1.82, 2.24) is 24.5 Å². The van der Waals surface area contributed by atoms with E-state index in [1.54, 1.807) is 0 Å². The topological polar surface area (TPSA) is 185 Å². The van der Waals surface area contributed by atoms with Crippen LogP contribution in [0.2, 0.25) is 0 Å². The summed E-state index contributed by atoms with van der Waals surface area (Å²) in [4.78, 5) is 31.9. The number of hydrogen-bond acceptors (Lipinski definition) is 13. The summed E-state index contributed by atoms with van der Waals surface area (Å²) >= 11 is 0. The molecule has 0 aliphatic carbocycles. The number of likely N-dealkylation sites (tertiary alicyclic amines) is 5. The summed E-state index contributed by atoms with van der Waals surface area (Å²) in [5.41, 5.74) is 5.40. The van der Waals surface area contributed by atoms with Gasteiger partial charge in [0.15, 0.2) is 11.6 Å². The highest BCUT2D eigenvalue weighted by atomic mass is 16.3. The van der Waals surface area contributed by atoms with E-state index in [-0.39, 0.29) is 37.3 Å². The van der Waals surface area contributed by atoms with E-state index in [1.165, 1.54) is 0 Å². The number of carbonyl (C=O) groups excluding carboxylic acids is 2. The molecule has 8 atom stereocenters. The largest absolute Gasteiger partial charge is 0.391 e. The second-order valence-electron chi connectivity index (χ2n) is 13.2. The Labute approximate surface area is 272 Å². The van der Waals surface area contributed by atoms with Gasteiger partial charge in [0.25, 0.3) is 0 Å². The molecule has 45 heavy (non-hydrogen) atoms. The van der Waals surface area contributed by atoms with Crippen LogP contribution in [0.3, 0.4) is 0 Å². The summed E-state index contributed by atoms with van der Waals surface area (Å²) in [7, 11) is 9.77. The third kappa shape index (κ3) is 15.4. The molecule has 5 fully saturated rings. The van der Waals surface area contributed by atoms with Gasteiger partial charge in [0.1, 0.15) is 5.92 Å². The minimum Gasteiger partial charge on any atom is -0.391 e. The highest BCUT2D eigenvalue weighted by molar-refractivity contribution is 5.87. The van der Waals surface area contributed by atoms with Crippen LogP contribution in [-0.4, -0.2) is 177 Å². The van der Waals surface area contributed by atoms with Crippen molar-refractivity contribution >= 4 is 11.6 Å². The maximum absolute atomic E-state index is 11.0. The fourth-order valence-electron chi connectivity index (χ4n) is 5.85. The van der Waals surface area contributed by atoms with Gasteiger partial charge in [-0.15, -0.1) is 0 Å². The first kappa shape index (κ1) is 43.0. The van der Waals surface area contributed by atoms with Gasteiger partial charge in [0.2, 0.25) is 0 Å². The average molecular weight is 639 g/mol. The van der Waals surface area contributed by atoms with Crippen molar-refractivity contribution in [1.29, 1.82) is 10.5 Å². The molecule has 0 aromatic carbocycles. The predicted molar refractivity (Wildman–Crippen MR) is 176 cm³/mol. The van der Waals surface area contributed by atoms with Crippen LogP contribution in [0.1, 0.15) is 27.7 Å². The van der Waals surface area contributed by atoms with Crippen LogP contribution in [0.5, 0.6) is 0 Å². The smallest absolute Gasteiger partial charge is 0.165 e. The van der Waals surface area contributed by atoms with Crippen molar-refractivity contribution in [3.8, 4) is 12.1 Å². The van der Waals surface area contributed by atoms with Crippen LogP contribution in [0.15, 0.2) is 0 Å². The standard InChI is InChI=1S/C7H13NO.C6H14N2O.C6H10N2O.C6H8N2O.C6H13NO.CH4/c1-3-6-4-8(2)5-7(6)9;3*1-8-3-5(2-7)6(9)4-8;1-5-3-7(2)4-6(5)8;/h6H,3-5H2,1-2H3;5-6,9H,2-4,7H2,1H3;5-6,9H,3-4H2,1H3;5H,3-4H2,1H3;5-6,8H,3-4H2,1-2H3;1H4. The molecule has 0 bridgehead atoms.